The summed E-state index contributed by atoms with van der Waals surface area (Å²) in [6.07, 6.45) is 1.44. The number of benzene rings is 1. The highest BCUT2D eigenvalue weighted by Gasteiger charge is 2.29. The Labute approximate surface area is 149 Å². The summed E-state index contributed by atoms with van der Waals surface area (Å²) in [5.41, 5.74) is 1.04. The van der Waals surface area contributed by atoms with Gasteiger partial charge in [0.25, 0.3) is 0 Å². The number of rotatable bonds is 7. The van der Waals surface area contributed by atoms with Gasteiger partial charge in [0.15, 0.2) is 9.84 Å². The van der Waals surface area contributed by atoms with Gasteiger partial charge < -0.3 is 10.6 Å². The molecule has 1 aliphatic heterocycles. The number of hydrogen-bond donors (Lipinski definition) is 2. The van der Waals surface area contributed by atoms with Crippen molar-refractivity contribution in [3.05, 3.63) is 35.9 Å². The van der Waals surface area contributed by atoms with Gasteiger partial charge in [-0.2, -0.15) is 0 Å². The van der Waals surface area contributed by atoms with Crippen LogP contribution in [0.15, 0.2) is 30.3 Å². The number of carbonyl (C=O) groups is 2. The van der Waals surface area contributed by atoms with Crippen molar-refractivity contribution in [3.8, 4) is 0 Å². The van der Waals surface area contributed by atoms with E-state index in [1.807, 2.05) is 30.3 Å². The minimum absolute atomic E-state index is 0.0159. The molecule has 1 saturated heterocycles. The maximum Gasteiger partial charge on any atom is 0.239 e. The quantitative estimate of drug-likeness (QED) is 0.757. The molecule has 0 bridgehead atoms. The van der Waals surface area contributed by atoms with E-state index in [2.05, 4.69) is 24.5 Å². The smallest absolute Gasteiger partial charge is 0.239 e. The molecule has 0 saturated carbocycles. The molecule has 1 fully saturated rings. The summed E-state index contributed by atoms with van der Waals surface area (Å²) in [6.45, 7) is 4.05. The molecule has 1 atom stereocenters. The van der Waals surface area contributed by atoms with Crippen LogP contribution >= 0.6 is 0 Å². The molecular formula is C18H26N2O4S. The van der Waals surface area contributed by atoms with Crippen LogP contribution in [0.3, 0.4) is 0 Å². The molecule has 6 nitrogen and oxygen atoms in total. The highest BCUT2D eigenvalue weighted by molar-refractivity contribution is 7.91. The second-order valence-corrected chi connectivity index (χ2v) is 9.42. The summed E-state index contributed by atoms with van der Waals surface area (Å²) in [5, 5.41) is 5.26. The SMILES string of the molecule is CC(C)(CCC(=O)NCC(=O)NC1CCS(=O)(=O)C1)c1ccccc1. The maximum absolute atomic E-state index is 12.0. The molecule has 0 spiro atoms. The molecule has 7 heteroatoms. The van der Waals surface area contributed by atoms with E-state index in [0.717, 1.165) is 0 Å². The summed E-state index contributed by atoms with van der Waals surface area (Å²) >= 11 is 0. The number of hydrogen-bond acceptors (Lipinski definition) is 4. The van der Waals surface area contributed by atoms with Gasteiger partial charge in [0.1, 0.15) is 0 Å². The lowest BCUT2D eigenvalue weighted by Gasteiger charge is -2.25. The summed E-state index contributed by atoms with van der Waals surface area (Å²) in [6, 6.07) is 9.66. The van der Waals surface area contributed by atoms with E-state index in [9.17, 15) is 18.0 Å². The number of carbonyl (C=O) groups excluding carboxylic acids is 2. The topological polar surface area (TPSA) is 92.3 Å². The van der Waals surface area contributed by atoms with Crippen LogP contribution in [0.4, 0.5) is 0 Å². The lowest BCUT2D eigenvalue weighted by Crippen LogP contribution is -2.42. The predicted octanol–water partition coefficient (Wildman–Crippen LogP) is 1.16. The highest BCUT2D eigenvalue weighted by atomic mass is 32.2. The van der Waals surface area contributed by atoms with Crippen LogP contribution in [0.2, 0.25) is 0 Å². The molecule has 1 unspecified atom stereocenters. The van der Waals surface area contributed by atoms with Crippen molar-refractivity contribution in [1.82, 2.24) is 10.6 Å². The van der Waals surface area contributed by atoms with E-state index in [1.54, 1.807) is 0 Å². The molecule has 2 rings (SSSR count). The number of nitrogens with one attached hydrogen (secondary N) is 2. The molecule has 2 amide bonds. The van der Waals surface area contributed by atoms with Crippen LogP contribution in [0, 0.1) is 0 Å². The average Bonchev–Trinajstić information content (AvgIpc) is 2.90. The van der Waals surface area contributed by atoms with Gasteiger partial charge in [0.05, 0.1) is 18.1 Å². The average molecular weight is 366 g/mol. The van der Waals surface area contributed by atoms with E-state index in [-0.39, 0.29) is 41.3 Å². The van der Waals surface area contributed by atoms with Gasteiger partial charge in [-0.15, -0.1) is 0 Å². The van der Waals surface area contributed by atoms with Crippen molar-refractivity contribution >= 4 is 21.7 Å². The number of sulfone groups is 1. The summed E-state index contributed by atoms with van der Waals surface area (Å²) in [5.74, 6) is -0.437. The van der Waals surface area contributed by atoms with Gasteiger partial charge >= 0.3 is 0 Å². The summed E-state index contributed by atoms with van der Waals surface area (Å²) < 4.78 is 22.7. The Morgan fingerprint density at radius 1 is 1.16 bits per heavy atom. The third kappa shape index (κ3) is 6.16. The largest absolute Gasteiger partial charge is 0.351 e. The van der Waals surface area contributed by atoms with Crippen LogP contribution in [-0.2, 0) is 24.8 Å². The van der Waals surface area contributed by atoms with E-state index >= 15 is 0 Å². The van der Waals surface area contributed by atoms with Gasteiger partial charge in [-0.25, -0.2) is 8.42 Å². The molecule has 2 N–H and O–H groups in total. The molecule has 1 aromatic carbocycles. The lowest BCUT2D eigenvalue weighted by atomic mass is 9.80. The fourth-order valence-electron chi connectivity index (χ4n) is 2.91. The molecule has 138 valence electrons. The zero-order chi connectivity index (χ0) is 18.5. The molecule has 0 radical (unpaired) electrons. The summed E-state index contributed by atoms with van der Waals surface area (Å²) in [7, 11) is -3.03. The van der Waals surface area contributed by atoms with Crippen LogP contribution in [0.5, 0.6) is 0 Å². The van der Waals surface area contributed by atoms with Gasteiger partial charge in [0, 0.05) is 12.5 Å². The molecule has 1 aliphatic rings. The van der Waals surface area contributed by atoms with Crippen LogP contribution in [-0.4, -0.2) is 44.3 Å². The monoisotopic (exact) mass is 366 g/mol. The fourth-order valence-corrected chi connectivity index (χ4v) is 4.59. The Hall–Kier alpha value is -1.89. The van der Waals surface area contributed by atoms with Crippen molar-refractivity contribution in [2.75, 3.05) is 18.1 Å². The minimum Gasteiger partial charge on any atom is -0.351 e. The van der Waals surface area contributed by atoms with Crippen molar-refractivity contribution in [2.24, 2.45) is 0 Å². The normalized spacial score (nSPS) is 19.4. The van der Waals surface area contributed by atoms with E-state index in [4.69, 9.17) is 0 Å². The maximum atomic E-state index is 12.0. The Balaban J connectivity index is 1.71. The van der Waals surface area contributed by atoms with Crippen molar-refractivity contribution in [1.29, 1.82) is 0 Å². The van der Waals surface area contributed by atoms with Gasteiger partial charge in [-0.1, -0.05) is 44.2 Å². The van der Waals surface area contributed by atoms with Gasteiger partial charge in [-0.05, 0) is 23.8 Å². The van der Waals surface area contributed by atoms with E-state index < -0.39 is 9.84 Å². The first-order chi connectivity index (χ1) is 11.7. The second kappa shape index (κ2) is 7.99. The molecule has 0 aromatic heterocycles. The van der Waals surface area contributed by atoms with Gasteiger partial charge in [0.2, 0.25) is 11.8 Å². The Bertz CT molecular complexity index is 714. The van der Waals surface area contributed by atoms with Gasteiger partial charge in [-0.3, -0.25) is 9.59 Å². The van der Waals surface area contributed by atoms with E-state index in [1.165, 1.54) is 5.56 Å². The highest BCUT2D eigenvalue weighted by Crippen LogP contribution is 2.27. The van der Waals surface area contributed by atoms with Crippen LogP contribution in [0.25, 0.3) is 0 Å². The summed E-state index contributed by atoms with van der Waals surface area (Å²) in [4.78, 5) is 23.8. The Kier molecular flexibility index (Phi) is 6.21. The van der Waals surface area contributed by atoms with Crippen LogP contribution in [0.1, 0.15) is 38.7 Å². The third-order valence-corrected chi connectivity index (χ3v) is 6.34. The third-order valence-electron chi connectivity index (χ3n) is 4.58. The number of amides is 2. The molecule has 1 heterocycles. The first-order valence-corrected chi connectivity index (χ1v) is 10.3. The molecular weight excluding hydrogens is 340 g/mol. The van der Waals surface area contributed by atoms with Crippen molar-refractivity contribution in [3.63, 3.8) is 0 Å². The zero-order valence-corrected chi connectivity index (χ0v) is 15.6. The first-order valence-electron chi connectivity index (χ1n) is 8.50. The molecule has 1 aromatic rings. The lowest BCUT2D eigenvalue weighted by molar-refractivity contribution is -0.126. The van der Waals surface area contributed by atoms with Crippen molar-refractivity contribution in [2.45, 2.75) is 44.6 Å². The molecule has 0 aliphatic carbocycles. The standard InChI is InChI=1S/C18H26N2O4S/c1-18(2,14-6-4-3-5-7-14)10-8-16(21)19-12-17(22)20-15-9-11-25(23,24)13-15/h3-7,15H,8-13H2,1-2H3,(H,19,21)(H,20,22). The van der Waals surface area contributed by atoms with E-state index in [0.29, 0.717) is 19.3 Å². The Morgan fingerprint density at radius 2 is 1.84 bits per heavy atom. The second-order valence-electron chi connectivity index (χ2n) is 7.19. The van der Waals surface area contributed by atoms with Crippen LogP contribution < -0.4 is 10.6 Å². The fraction of sp³-hybridized carbons (Fsp3) is 0.556. The minimum atomic E-state index is -3.03. The predicted molar refractivity (Wildman–Crippen MR) is 96.9 cm³/mol. The Morgan fingerprint density at radius 3 is 2.44 bits per heavy atom. The van der Waals surface area contributed by atoms with Crippen molar-refractivity contribution < 1.29 is 18.0 Å². The molecule has 25 heavy (non-hydrogen) atoms. The first kappa shape index (κ1) is 19.4. The zero-order valence-electron chi connectivity index (χ0n) is 14.7.